The Labute approximate surface area is 164 Å². The van der Waals surface area contributed by atoms with Gasteiger partial charge in [0.05, 0.1) is 11.3 Å². The van der Waals surface area contributed by atoms with Gasteiger partial charge in [-0.1, -0.05) is 43.2 Å². The lowest BCUT2D eigenvalue weighted by molar-refractivity contribution is -0.120. The molecule has 1 heterocycles. The first-order valence-corrected chi connectivity index (χ1v) is 10.5. The van der Waals surface area contributed by atoms with Crippen LogP contribution in [0, 0.1) is 12.7 Å². The number of nitrogens with zero attached hydrogens (tertiary/aromatic N) is 3. The lowest BCUT2D eigenvalue weighted by Crippen LogP contribution is -2.33. The zero-order valence-corrected chi connectivity index (χ0v) is 16.9. The van der Waals surface area contributed by atoms with Gasteiger partial charge in [-0.3, -0.25) is 4.79 Å². The minimum Gasteiger partial charge on any atom is -0.349 e. The zero-order valence-electron chi connectivity index (χ0n) is 16.1. The lowest BCUT2D eigenvalue weighted by Gasteiger charge is -2.25. The smallest absolute Gasteiger partial charge is 0.233 e. The van der Waals surface area contributed by atoms with Gasteiger partial charge in [0.1, 0.15) is 11.6 Å². The van der Waals surface area contributed by atoms with Crippen molar-refractivity contribution in [3.63, 3.8) is 0 Å². The first kappa shape index (κ1) is 19.9. The second kappa shape index (κ2) is 8.87. The third kappa shape index (κ3) is 4.89. The molecule has 1 aromatic carbocycles. The highest BCUT2D eigenvalue weighted by molar-refractivity contribution is 8.00. The molecule has 0 saturated heterocycles. The molecule has 1 N–H and O–H groups in total. The molecule has 0 unspecified atom stereocenters. The first-order valence-electron chi connectivity index (χ1n) is 9.59. The van der Waals surface area contributed by atoms with Crippen molar-refractivity contribution in [2.24, 2.45) is 0 Å². The van der Waals surface area contributed by atoms with Crippen molar-refractivity contribution >= 4 is 17.7 Å². The van der Waals surface area contributed by atoms with Gasteiger partial charge in [-0.2, -0.15) is 0 Å². The molecule has 1 saturated carbocycles. The SMILES string of the molecule is Cc1nnc(S[C@@H](C)C(=O)N[C@H](C)c2ccc(F)cc2)n1C1CCCCC1. The highest BCUT2D eigenvalue weighted by Gasteiger charge is 2.25. The summed E-state index contributed by atoms with van der Waals surface area (Å²) in [5, 5.41) is 12.1. The van der Waals surface area contributed by atoms with E-state index in [-0.39, 0.29) is 23.0 Å². The van der Waals surface area contributed by atoms with Crippen molar-refractivity contribution in [3.05, 3.63) is 41.5 Å². The van der Waals surface area contributed by atoms with Crippen molar-refractivity contribution in [2.75, 3.05) is 0 Å². The molecule has 5 nitrogen and oxygen atoms in total. The van der Waals surface area contributed by atoms with E-state index in [0.717, 1.165) is 29.4 Å². The summed E-state index contributed by atoms with van der Waals surface area (Å²) < 4.78 is 15.3. The Hall–Kier alpha value is -1.89. The number of benzene rings is 1. The highest BCUT2D eigenvalue weighted by Crippen LogP contribution is 2.33. The molecule has 0 spiro atoms. The minimum absolute atomic E-state index is 0.0623. The number of rotatable bonds is 6. The van der Waals surface area contributed by atoms with E-state index in [2.05, 4.69) is 20.1 Å². The molecule has 1 aromatic heterocycles. The van der Waals surface area contributed by atoms with Gasteiger partial charge in [0.2, 0.25) is 5.91 Å². The fraction of sp³-hybridized carbons (Fsp3) is 0.550. The van der Waals surface area contributed by atoms with E-state index in [1.165, 1.54) is 43.2 Å². The summed E-state index contributed by atoms with van der Waals surface area (Å²) in [5.41, 5.74) is 0.878. The summed E-state index contributed by atoms with van der Waals surface area (Å²) >= 11 is 1.45. The van der Waals surface area contributed by atoms with Crippen molar-refractivity contribution in [1.29, 1.82) is 0 Å². The number of amides is 1. The number of hydrogen-bond acceptors (Lipinski definition) is 4. The van der Waals surface area contributed by atoms with Crippen LogP contribution >= 0.6 is 11.8 Å². The standard InChI is InChI=1S/C20H27FN4OS/c1-13(16-9-11-17(21)12-10-16)22-19(26)14(2)27-20-24-23-15(3)25(20)18-7-5-4-6-8-18/h9-14,18H,4-8H2,1-3H3,(H,22,26)/t13-,14+/m1/s1. The lowest BCUT2D eigenvalue weighted by atomic mass is 9.95. The van der Waals surface area contributed by atoms with Gasteiger partial charge in [-0.05, 0) is 51.3 Å². The number of aryl methyl sites for hydroxylation is 1. The largest absolute Gasteiger partial charge is 0.349 e. The molecule has 7 heteroatoms. The molecule has 27 heavy (non-hydrogen) atoms. The average Bonchev–Trinajstić information content (AvgIpc) is 3.03. The van der Waals surface area contributed by atoms with Crippen LogP contribution in [0.3, 0.4) is 0 Å². The van der Waals surface area contributed by atoms with E-state index in [1.54, 1.807) is 12.1 Å². The predicted molar refractivity (Wildman–Crippen MR) is 105 cm³/mol. The summed E-state index contributed by atoms with van der Waals surface area (Å²) in [6, 6.07) is 6.46. The van der Waals surface area contributed by atoms with Crippen LogP contribution in [0.5, 0.6) is 0 Å². The van der Waals surface area contributed by atoms with Crippen molar-refractivity contribution in [2.45, 2.75) is 75.4 Å². The summed E-state index contributed by atoms with van der Waals surface area (Å²) in [6.07, 6.45) is 6.05. The second-order valence-corrected chi connectivity index (χ2v) is 8.54. The molecule has 0 bridgehead atoms. The summed E-state index contributed by atoms with van der Waals surface area (Å²) in [6.45, 7) is 5.76. The van der Waals surface area contributed by atoms with Gasteiger partial charge in [0.15, 0.2) is 5.16 Å². The molecule has 1 aliphatic rings. The average molecular weight is 391 g/mol. The van der Waals surface area contributed by atoms with E-state index < -0.39 is 0 Å². The van der Waals surface area contributed by atoms with Gasteiger partial charge >= 0.3 is 0 Å². The summed E-state index contributed by atoms with van der Waals surface area (Å²) in [5.74, 6) is 0.572. The Balaban J connectivity index is 1.63. The number of halogens is 1. The van der Waals surface area contributed by atoms with Crippen LogP contribution in [0.25, 0.3) is 0 Å². The number of hydrogen-bond donors (Lipinski definition) is 1. The Morgan fingerprint density at radius 3 is 2.52 bits per heavy atom. The predicted octanol–water partition coefficient (Wildman–Crippen LogP) is 4.59. The third-order valence-corrected chi connectivity index (χ3v) is 6.21. The maximum absolute atomic E-state index is 13.1. The Kier molecular flexibility index (Phi) is 6.52. The molecule has 1 amide bonds. The van der Waals surface area contributed by atoms with Gasteiger partial charge in [-0.25, -0.2) is 4.39 Å². The summed E-state index contributed by atoms with van der Waals surface area (Å²) in [4.78, 5) is 12.6. The Morgan fingerprint density at radius 1 is 1.19 bits per heavy atom. The maximum Gasteiger partial charge on any atom is 0.233 e. The second-order valence-electron chi connectivity index (χ2n) is 7.23. The van der Waals surface area contributed by atoms with Crippen LogP contribution < -0.4 is 5.32 Å². The third-order valence-electron chi connectivity index (χ3n) is 5.16. The van der Waals surface area contributed by atoms with E-state index >= 15 is 0 Å². The van der Waals surface area contributed by atoms with Gasteiger partial charge in [-0.15, -0.1) is 10.2 Å². The van der Waals surface area contributed by atoms with E-state index in [1.807, 2.05) is 20.8 Å². The van der Waals surface area contributed by atoms with Crippen molar-refractivity contribution in [3.8, 4) is 0 Å². The number of thioether (sulfide) groups is 1. The van der Waals surface area contributed by atoms with E-state index in [0.29, 0.717) is 6.04 Å². The van der Waals surface area contributed by atoms with Crippen LogP contribution in [0.2, 0.25) is 0 Å². The maximum atomic E-state index is 13.1. The molecule has 2 aromatic rings. The number of carbonyl (C=O) groups excluding carboxylic acids is 1. The van der Waals surface area contributed by atoms with Crippen molar-refractivity contribution in [1.82, 2.24) is 20.1 Å². The molecule has 2 atom stereocenters. The quantitative estimate of drug-likeness (QED) is 0.733. The molecule has 0 radical (unpaired) electrons. The molecule has 1 aliphatic carbocycles. The molecular weight excluding hydrogens is 363 g/mol. The minimum atomic E-state index is -0.293. The summed E-state index contributed by atoms with van der Waals surface area (Å²) in [7, 11) is 0. The monoisotopic (exact) mass is 390 g/mol. The molecule has 3 rings (SSSR count). The molecule has 0 aliphatic heterocycles. The molecular formula is C20H27FN4OS. The topological polar surface area (TPSA) is 59.8 Å². The van der Waals surface area contributed by atoms with E-state index in [9.17, 15) is 9.18 Å². The number of nitrogens with one attached hydrogen (secondary N) is 1. The molecule has 146 valence electrons. The number of aromatic nitrogens is 3. The van der Waals surface area contributed by atoms with Crippen LogP contribution in [-0.4, -0.2) is 25.9 Å². The number of carbonyl (C=O) groups is 1. The van der Waals surface area contributed by atoms with Crippen LogP contribution in [0.4, 0.5) is 4.39 Å². The van der Waals surface area contributed by atoms with E-state index in [4.69, 9.17) is 0 Å². The highest BCUT2D eigenvalue weighted by atomic mass is 32.2. The Bertz CT molecular complexity index is 771. The fourth-order valence-electron chi connectivity index (χ4n) is 3.57. The van der Waals surface area contributed by atoms with Gasteiger partial charge in [0, 0.05) is 6.04 Å². The van der Waals surface area contributed by atoms with Crippen molar-refractivity contribution < 1.29 is 9.18 Å². The zero-order chi connectivity index (χ0) is 19.4. The van der Waals surface area contributed by atoms with Crippen LogP contribution in [0.15, 0.2) is 29.4 Å². The normalized spacial score (nSPS) is 17.5. The van der Waals surface area contributed by atoms with Gasteiger partial charge < -0.3 is 9.88 Å². The Morgan fingerprint density at radius 2 is 1.85 bits per heavy atom. The van der Waals surface area contributed by atoms with Gasteiger partial charge in [0.25, 0.3) is 0 Å². The van der Waals surface area contributed by atoms with Crippen LogP contribution in [-0.2, 0) is 4.79 Å². The first-order chi connectivity index (χ1) is 13.0. The fourth-order valence-corrected chi connectivity index (χ4v) is 4.54. The van der Waals surface area contributed by atoms with Crippen LogP contribution in [0.1, 0.15) is 69.4 Å². The molecule has 1 fully saturated rings.